The van der Waals surface area contributed by atoms with Crippen molar-refractivity contribution in [2.75, 3.05) is 26.3 Å². The summed E-state index contributed by atoms with van der Waals surface area (Å²) in [5, 5.41) is 8.76. The average molecular weight is 279 g/mol. The fourth-order valence-corrected chi connectivity index (χ4v) is 2.31. The highest BCUT2D eigenvalue weighted by Gasteiger charge is 2.14. The number of ether oxygens (including phenoxy) is 1. The van der Waals surface area contributed by atoms with Gasteiger partial charge in [-0.05, 0) is 25.3 Å². The van der Waals surface area contributed by atoms with Crippen molar-refractivity contribution < 1.29 is 14.2 Å². The first-order chi connectivity index (χ1) is 9.79. The molecule has 0 saturated heterocycles. The molecule has 0 unspecified atom stereocenters. The van der Waals surface area contributed by atoms with Gasteiger partial charge in [0.15, 0.2) is 0 Å². The summed E-state index contributed by atoms with van der Waals surface area (Å²) < 4.78 is 19.1. The largest absolute Gasteiger partial charge is 0.493 e. The van der Waals surface area contributed by atoms with Crippen LogP contribution >= 0.6 is 0 Å². The Labute approximate surface area is 119 Å². The Morgan fingerprint density at radius 1 is 1.25 bits per heavy atom. The van der Waals surface area contributed by atoms with Crippen LogP contribution in [0.2, 0.25) is 0 Å². The van der Waals surface area contributed by atoms with Crippen LogP contribution in [-0.2, 0) is 6.54 Å². The zero-order valence-electron chi connectivity index (χ0n) is 11.7. The number of rotatable bonds is 7. The molecule has 1 N–H and O–H groups in total. The third-order valence-corrected chi connectivity index (χ3v) is 3.36. The van der Waals surface area contributed by atoms with Crippen molar-refractivity contribution in [2.24, 2.45) is 0 Å². The molecule has 4 heteroatoms. The zero-order chi connectivity index (χ0) is 14.2. The number of para-hydroxylation sites is 1. The van der Waals surface area contributed by atoms with E-state index in [2.05, 4.69) is 4.90 Å². The smallest absolute Gasteiger partial charge is 0.123 e. The summed E-state index contributed by atoms with van der Waals surface area (Å²) in [4.78, 5) is 2.09. The second kappa shape index (κ2) is 8.02. The van der Waals surface area contributed by atoms with E-state index in [1.54, 1.807) is 6.08 Å². The molecule has 0 fully saturated rings. The molecular formula is C16H22FNO2. The number of nitrogens with zero attached hydrogens (tertiary/aromatic N) is 1. The first-order valence-electron chi connectivity index (χ1n) is 7.18. The molecule has 110 valence electrons. The maximum absolute atomic E-state index is 13.3. The van der Waals surface area contributed by atoms with Crippen LogP contribution in [0.1, 0.15) is 24.8 Å². The van der Waals surface area contributed by atoms with Gasteiger partial charge in [0.05, 0.1) is 13.2 Å². The van der Waals surface area contributed by atoms with E-state index in [4.69, 9.17) is 9.84 Å². The van der Waals surface area contributed by atoms with E-state index in [9.17, 15) is 4.39 Å². The lowest BCUT2D eigenvalue weighted by atomic mass is 10.1. The normalized spacial score (nSPS) is 16.0. The van der Waals surface area contributed by atoms with E-state index in [0.717, 1.165) is 37.1 Å². The number of unbranched alkanes of at least 4 members (excludes halogenated alkanes) is 1. The molecule has 0 aliphatic carbocycles. The molecule has 2 rings (SSSR count). The summed E-state index contributed by atoms with van der Waals surface area (Å²) in [6.45, 7) is 2.78. The third-order valence-electron chi connectivity index (χ3n) is 3.36. The topological polar surface area (TPSA) is 32.7 Å². The molecule has 0 aromatic heterocycles. The maximum Gasteiger partial charge on any atom is 0.123 e. The van der Waals surface area contributed by atoms with Gasteiger partial charge in [0, 0.05) is 25.3 Å². The van der Waals surface area contributed by atoms with Gasteiger partial charge in [0.2, 0.25) is 0 Å². The molecular weight excluding hydrogens is 257 g/mol. The molecule has 0 saturated carbocycles. The van der Waals surface area contributed by atoms with Gasteiger partial charge in [-0.3, -0.25) is 4.90 Å². The standard InChI is InChI=1S/C16H22FNO2/c17-15-7-5-9-18(13-15)12-14-6-1-2-8-16(14)20-11-4-3-10-19/h1-2,6-8,19H,3-5,9-13H2. The molecule has 0 bridgehead atoms. The summed E-state index contributed by atoms with van der Waals surface area (Å²) >= 11 is 0. The van der Waals surface area contributed by atoms with Gasteiger partial charge < -0.3 is 9.84 Å². The summed E-state index contributed by atoms with van der Waals surface area (Å²) in [5.41, 5.74) is 1.09. The van der Waals surface area contributed by atoms with Gasteiger partial charge >= 0.3 is 0 Å². The minimum Gasteiger partial charge on any atom is -0.493 e. The van der Waals surface area contributed by atoms with E-state index in [-0.39, 0.29) is 12.4 Å². The Morgan fingerprint density at radius 2 is 2.10 bits per heavy atom. The van der Waals surface area contributed by atoms with Gasteiger partial charge in [0.1, 0.15) is 11.6 Å². The number of aliphatic hydroxyl groups excluding tert-OH is 1. The van der Waals surface area contributed by atoms with Crippen LogP contribution in [0.25, 0.3) is 0 Å². The van der Waals surface area contributed by atoms with Crippen molar-refractivity contribution in [3.8, 4) is 5.75 Å². The number of hydrogen-bond acceptors (Lipinski definition) is 3. The lowest BCUT2D eigenvalue weighted by molar-refractivity contribution is 0.240. The number of halogens is 1. The van der Waals surface area contributed by atoms with Gasteiger partial charge in [-0.15, -0.1) is 0 Å². The molecule has 1 aliphatic rings. The number of aliphatic hydroxyl groups is 1. The first kappa shape index (κ1) is 15.0. The predicted molar refractivity (Wildman–Crippen MR) is 77.3 cm³/mol. The van der Waals surface area contributed by atoms with Crippen LogP contribution in [0.3, 0.4) is 0 Å². The van der Waals surface area contributed by atoms with Gasteiger partial charge in [0.25, 0.3) is 0 Å². The quantitative estimate of drug-likeness (QED) is 0.779. The van der Waals surface area contributed by atoms with Crippen LogP contribution in [0, 0.1) is 0 Å². The molecule has 1 heterocycles. The second-order valence-electron chi connectivity index (χ2n) is 5.04. The molecule has 0 amide bonds. The molecule has 1 aromatic rings. The van der Waals surface area contributed by atoms with Gasteiger partial charge in [-0.2, -0.15) is 0 Å². The van der Waals surface area contributed by atoms with Crippen LogP contribution in [0.5, 0.6) is 5.75 Å². The maximum atomic E-state index is 13.3. The Morgan fingerprint density at radius 3 is 2.90 bits per heavy atom. The van der Waals surface area contributed by atoms with Crippen molar-refractivity contribution in [3.05, 3.63) is 41.7 Å². The second-order valence-corrected chi connectivity index (χ2v) is 5.04. The molecule has 0 spiro atoms. The van der Waals surface area contributed by atoms with E-state index >= 15 is 0 Å². The zero-order valence-corrected chi connectivity index (χ0v) is 11.7. The van der Waals surface area contributed by atoms with Crippen LogP contribution in [-0.4, -0.2) is 36.3 Å². The van der Waals surface area contributed by atoms with Crippen molar-refractivity contribution in [3.63, 3.8) is 0 Å². The molecule has 0 radical (unpaired) electrons. The lowest BCUT2D eigenvalue weighted by Crippen LogP contribution is -2.28. The fourth-order valence-electron chi connectivity index (χ4n) is 2.31. The van der Waals surface area contributed by atoms with E-state index < -0.39 is 0 Å². The minimum atomic E-state index is -0.0439. The highest BCUT2D eigenvalue weighted by molar-refractivity contribution is 5.33. The highest BCUT2D eigenvalue weighted by atomic mass is 19.1. The monoisotopic (exact) mass is 279 g/mol. The first-order valence-corrected chi connectivity index (χ1v) is 7.18. The fraction of sp³-hybridized carbons (Fsp3) is 0.500. The molecule has 3 nitrogen and oxygen atoms in total. The third kappa shape index (κ3) is 4.62. The molecule has 20 heavy (non-hydrogen) atoms. The van der Waals surface area contributed by atoms with Crippen LogP contribution in [0.15, 0.2) is 36.2 Å². The average Bonchev–Trinajstić information content (AvgIpc) is 2.45. The van der Waals surface area contributed by atoms with Crippen molar-refractivity contribution in [1.29, 1.82) is 0 Å². The van der Waals surface area contributed by atoms with Crippen molar-refractivity contribution in [1.82, 2.24) is 4.90 Å². The summed E-state index contributed by atoms with van der Waals surface area (Å²) in [7, 11) is 0. The Hall–Kier alpha value is -1.39. The Bertz CT molecular complexity index is 448. The van der Waals surface area contributed by atoms with Crippen LogP contribution in [0.4, 0.5) is 4.39 Å². The summed E-state index contributed by atoms with van der Waals surface area (Å²) in [5.74, 6) is 0.818. The van der Waals surface area contributed by atoms with E-state index in [1.807, 2.05) is 24.3 Å². The minimum absolute atomic E-state index is 0.0439. The Balaban J connectivity index is 1.91. The highest BCUT2D eigenvalue weighted by Crippen LogP contribution is 2.22. The van der Waals surface area contributed by atoms with E-state index in [0.29, 0.717) is 19.7 Å². The van der Waals surface area contributed by atoms with Gasteiger partial charge in [-0.1, -0.05) is 24.3 Å². The predicted octanol–water partition coefficient (Wildman–Crippen LogP) is 2.90. The van der Waals surface area contributed by atoms with Crippen molar-refractivity contribution >= 4 is 0 Å². The number of benzene rings is 1. The SMILES string of the molecule is OCCCCOc1ccccc1CN1CCC=C(F)C1. The van der Waals surface area contributed by atoms with Crippen molar-refractivity contribution in [2.45, 2.75) is 25.8 Å². The molecule has 1 aliphatic heterocycles. The summed E-state index contributed by atoms with van der Waals surface area (Å²) in [6.07, 6.45) is 4.02. The number of hydrogen-bond donors (Lipinski definition) is 1. The Kier molecular flexibility index (Phi) is 6.02. The molecule has 1 aromatic carbocycles. The molecule has 0 atom stereocenters. The van der Waals surface area contributed by atoms with Crippen LogP contribution < -0.4 is 4.74 Å². The van der Waals surface area contributed by atoms with Gasteiger partial charge in [-0.25, -0.2) is 4.39 Å². The lowest BCUT2D eigenvalue weighted by Gasteiger charge is -2.25. The summed E-state index contributed by atoms with van der Waals surface area (Å²) in [6, 6.07) is 7.90. The van der Waals surface area contributed by atoms with E-state index in [1.165, 1.54) is 0 Å².